The van der Waals surface area contributed by atoms with Crippen LogP contribution in [0.15, 0.2) is 45.0 Å². The summed E-state index contributed by atoms with van der Waals surface area (Å²) < 4.78 is 21.2. The van der Waals surface area contributed by atoms with Crippen molar-refractivity contribution in [2.45, 2.75) is 12.5 Å². The van der Waals surface area contributed by atoms with Crippen molar-refractivity contribution in [3.8, 4) is 22.8 Å². The molecule has 25 heavy (non-hydrogen) atoms. The molecule has 0 radical (unpaired) electrons. The molecule has 1 aliphatic rings. The highest BCUT2D eigenvalue weighted by molar-refractivity contribution is 5.66. The standard InChI is InChI=1S/C18H18O7/c1-22-10-6-4-9(5-7-10)16-18(24-3)15(21)13-12(25-16)8-11(19)17(23-2)14(13)20/h4-7,14,19-20H,8H2,1-3H3/t14-/m0/s1. The number of ether oxygens (including phenoxy) is 3. The quantitative estimate of drug-likeness (QED) is 0.876. The van der Waals surface area contributed by atoms with Gasteiger partial charge in [-0.3, -0.25) is 4.79 Å². The molecule has 0 unspecified atom stereocenters. The Morgan fingerprint density at radius 2 is 1.76 bits per heavy atom. The molecule has 1 aliphatic carbocycles. The summed E-state index contributed by atoms with van der Waals surface area (Å²) in [6.45, 7) is 0. The molecule has 0 saturated carbocycles. The number of hydrogen-bond donors (Lipinski definition) is 2. The molecule has 0 saturated heterocycles. The number of fused-ring (bicyclic) bond motifs is 1. The predicted octanol–water partition coefficient (Wildman–Crippen LogP) is 2.33. The maximum atomic E-state index is 12.8. The number of rotatable bonds is 4. The summed E-state index contributed by atoms with van der Waals surface area (Å²) in [7, 11) is 4.22. The maximum absolute atomic E-state index is 12.8. The van der Waals surface area contributed by atoms with Gasteiger partial charge >= 0.3 is 0 Å². The van der Waals surface area contributed by atoms with E-state index in [0.717, 1.165) is 0 Å². The summed E-state index contributed by atoms with van der Waals surface area (Å²) >= 11 is 0. The second kappa shape index (κ2) is 6.52. The van der Waals surface area contributed by atoms with Gasteiger partial charge in [0.2, 0.25) is 11.2 Å². The molecule has 0 fully saturated rings. The van der Waals surface area contributed by atoms with Crippen LogP contribution in [0.1, 0.15) is 17.4 Å². The monoisotopic (exact) mass is 346 g/mol. The Labute approximate surface area is 143 Å². The molecule has 1 heterocycles. The van der Waals surface area contributed by atoms with Gasteiger partial charge in [0.15, 0.2) is 11.5 Å². The lowest BCUT2D eigenvalue weighted by Crippen LogP contribution is -2.25. The van der Waals surface area contributed by atoms with Gasteiger partial charge in [-0.15, -0.1) is 0 Å². The van der Waals surface area contributed by atoms with Crippen LogP contribution in [0.25, 0.3) is 11.3 Å². The van der Waals surface area contributed by atoms with Crippen LogP contribution < -0.4 is 14.9 Å². The van der Waals surface area contributed by atoms with E-state index in [9.17, 15) is 15.0 Å². The van der Waals surface area contributed by atoms with Gasteiger partial charge in [0, 0.05) is 5.56 Å². The molecule has 0 bridgehead atoms. The van der Waals surface area contributed by atoms with Gasteiger partial charge in [0.1, 0.15) is 23.4 Å². The van der Waals surface area contributed by atoms with Crippen molar-refractivity contribution >= 4 is 0 Å². The summed E-state index contributed by atoms with van der Waals surface area (Å²) in [5, 5.41) is 20.4. The molecule has 3 rings (SSSR count). The molecular formula is C18H18O7. The molecule has 1 atom stereocenters. The zero-order valence-corrected chi connectivity index (χ0v) is 14.0. The van der Waals surface area contributed by atoms with E-state index in [2.05, 4.69) is 0 Å². The van der Waals surface area contributed by atoms with Gasteiger partial charge in [-0.1, -0.05) is 0 Å². The van der Waals surface area contributed by atoms with Crippen LogP contribution in [-0.4, -0.2) is 31.5 Å². The third-order valence-corrected chi connectivity index (χ3v) is 4.09. The Bertz CT molecular complexity index is 878. The molecule has 7 heteroatoms. The predicted molar refractivity (Wildman–Crippen MR) is 88.8 cm³/mol. The van der Waals surface area contributed by atoms with E-state index in [4.69, 9.17) is 18.6 Å². The molecule has 0 amide bonds. The van der Waals surface area contributed by atoms with Gasteiger partial charge in [-0.25, -0.2) is 0 Å². The first kappa shape index (κ1) is 16.9. The number of aliphatic hydroxyl groups is 2. The molecule has 0 spiro atoms. The lowest BCUT2D eigenvalue weighted by Gasteiger charge is -2.23. The van der Waals surface area contributed by atoms with Crippen LogP contribution in [-0.2, 0) is 11.2 Å². The molecule has 7 nitrogen and oxygen atoms in total. The van der Waals surface area contributed by atoms with E-state index in [0.29, 0.717) is 11.3 Å². The number of allylic oxidation sites excluding steroid dienone is 1. The lowest BCUT2D eigenvalue weighted by atomic mass is 9.96. The Morgan fingerprint density at radius 3 is 2.32 bits per heavy atom. The van der Waals surface area contributed by atoms with E-state index in [1.54, 1.807) is 31.4 Å². The minimum absolute atomic E-state index is 0.00348. The summed E-state index contributed by atoms with van der Waals surface area (Å²) in [5.74, 6) is 0.760. The highest BCUT2D eigenvalue weighted by Crippen LogP contribution is 2.37. The lowest BCUT2D eigenvalue weighted by molar-refractivity contribution is 0.102. The highest BCUT2D eigenvalue weighted by atomic mass is 16.5. The van der Waals surface area contributed by atoms with Gasteiger partial charge < -0.3 is 28.8 Å². The average molecular weight is 346 g/mol. The highest BCUT2D eigenvalue weighted by Gasteiger charge is 2.34. The number of methoxy groups -OCH3 is 3. The van der Waals surface area contributed by atoms with Crippen molar-refractivity contribution < 1.29 is 28.8 Å². The normalized spacial score (nSPS) is 16.4. The minimum Gasteiger partial charge on any atom is -0.508 e. The second-order valence-corrected chi connectivity index (χ2v) is 5.45. The Morgan fingerprint density at radius 1 is 1.08 bits per heavy atom. The van der Waals surface area contributed by atoms with Gasteiger partial charge in [0.25, 0.3) is 0 Å². The van der Waals surface area contributed by atoms with E-state index < -0.39 is 11.5 Å². The Hall–Kier alpha value is -2.93. The van der Waals surface area contributed by atoms with Crippen LogP contribution in [0.4, 0.5) is 0 Å². The minimum atomic E-state index is -1.41. The number of aliphatic hydroxyl groups excluding tert-OH is 2. The zero-order chi connectivity index (χ0) is 18.1. The Balaban J connectivity index is 2.20. The molecule has 2 aromatic rings. The first-order valence-electron chi connectivity index (χ1n) is 7.54. The van der Waals surface area contributed by atoms with Crippen LogP contribution >= 0.6 is 0 Å². The fourth-order valence-electron chi connectivity index (χ4n) is 2.86. The fourth-order valence-corrected chi connectivity index (χ4v) is 2.86. The van der Waals surface area contributed by atoms with Gasteiger partial charge in [-0.2, -0.15) is 0 Å². The average Bonchev–Trinajstić information content (AvgIpc) is 2.61. The van der Waals surface area contributed by atoms with Crippen molar-refractivity contribution in [1.82, 2.24) is 0 Å². The van der Waals surface area contributed by atoms with Crippen LogP contribution in [0.2, 0.25) is 0 Å². The van der Waals surface area contributed by atoms with Crippen LogP contribution in [0.5, 0.6) is 11.5 Å². The van der Waals surface area contributed by atoms with E-state index in [1.807, 2.05) is 0 Å². The second-order valence-electron chi connectivity index (χ2n) is 5.45. The summed E-state index contributed by atoms with van der Waals surface area (Å²) in [5.41, 5.74) is 0.0981. The van der Waals surface area contributed by atoms with Gasteiger partial charge in [0.05, 0.1) is 33.3 Å². The summed E-state index contributed by atoms with van der Waals surface area (Å²) in [4.78, 5) is 12.8. The maximum Gasteiger partial charge on any atom is 0.233 e. The zero-order valence-electron chi connectivity index (χ0n) is 14.0. The summed E-state index contributed by atoms with van der Waals surface area (Å²) in [6.07, 6.45) is -1.47. The van der Waals surface area contributed by atoms with Crippen molar-refractivity contribution in [3.05, 3.63) is 57.3 Å². The third kappa shape index (κ3) is 2.72. The number of benzene rings is 1. The molecular weight excluding hydrogens is 328 g/mol. The largest absolute Gasteiger partial charge is 0.508 e. The van der Waals surface area contributed by atoms with Crippen molar-refractivity contribution in [2.75, 3.05) is 21.3 Å². The topological polar surface area (TPSA) is 98.4 Å². The first-order valence-corrected chi connectivity index (χ1v) is 7.54. The van der Waals surface area contributed by atoms with E-state index in [1.165, 1.54) is 14.2 Å². The van der Waals surface area contributed by atoms with E-state index in [-0.39, 0.29) is 40.8 Å². The molecule has 1 aromatic heterocycles. The fraction of sp³-hybridized carbons (Fsp3) is 0.278. The van der Waals surface area contributed by atoms with Crippen LogP contribution in [0, 0.1) is 0 Å². The first-order chi connectivity index (χ1) is 12.0. The smallest absolute Gasteiger partial charge is 0.233 e. The summed E-state index contributed by atoms with van der Waals surface area (Å²) in [6, 6.07) is 6.90. The third-order valence-electron chi connectivity index (χ3n) is 4.09. The van der Waals surface area contributed by atoms with Crippen molar-refractivity contribution in [1.29, 1.82) is 0 Å². The molecule has 1 aromatic carbocycles. The molecule has 0 aliphatic heterocycles. The van der Waals surface area contributed by atoms with Gasteiger partial charge in [-0.05, 0) is 24.3 Å². The number of hydrogen-bond acceptors (Lipinski definition) is 7. The van der Waals surface area contributed by atoms with Crippen molar-refractivity contribution in [2.24, 2.45) is 0 Å². The Kier molecular flexibility index (Phi) is 4.41. The molecule has 2 N–H and O–H groups in total. The van der Waals surface area contributed by atoms with E-state index >= 15 is 0 Å². The van der Waals surface area contributed by atoms with Crippen molar-refractivity contribution in [3.63, 3.8) is 0 Å². The molecule has 132 valence electrons. The SMILES string of the molecule is COC1=C(O)Cc2oc(-c3ccc(OC)cc3)c(OC)c(=O)c2[C@@H]1O. The van der Waals surface area contributed by atoms with Crippen LogP contribution in [0.3, 0.4) is 0 Å².